The third-order valence-corrected chi connectivity index (χ3v) is 3.35. The first-order valence-electron chi connectivity index (χ1n) is 6.67. The quantitative estimate of drug-likeness (QED) is 0.815. The van der Waals surface area contributed by atoms with Crippen molar-refractivity contribution in [1.29, 1.82) is 0 Å². The van der Waals surface area contributed by atoms with Crippen LogP contribution < -0.4 is 4.90 Å². The van der Waals surface area contributed by atoms with E-state index >= 15 is 0 Å². The number of rotatable bonds is 3. The maximum atomic E-state index is 11.3. The number of amides is 1. The van der Waals surface area contributed by atoms with E-state index in [1.165, 1.54) is 0 Å². The van der Waals surface area contributed by atoms with Crippen LogP contribution in [0.25, 0.3) is 0 Å². The van der Waals surface area contributed by atoms with Crippen molar-refractivity contribution in [1.82, 2.24) is 9.88 Å². The first-order chi connectivity index (χ1) is 8.70. The number of hydrogen-bond donors (Lipinski definition) is 0. The number of aryl methyl sites for hydroxylation is 1. The van der Waals surface area contributed by atoms with Crippen LogP contribution in [0.1, 0.15) is 26.0 Å². The van der Waals surface area contributed by atoms with Gasteiger partial charge in [0.2, 0.25) is 5.91 Å². The number of aromatic nitrogens is 1. The summed E-state index contributed by atoms with van der Waals surface area (Å²) in [5.41, 5.74) is 1.16. The van der Waals surface area contributed by atoms with E-state index in [-0.39, 0.29) is 5.91 Å². The summed E-state index contributed by atoms with van der Waals surface area (Å²) in [5, 5.41) is 0. The molecule has 1 aliphatic rings. The van der Waals surface area contributed by atoms with E-state index in [4.69, 9.17) is 0 Å². The molecule has 0 aromatic carbocycles. The minimum absolute atomic E-state index is 0.169. The Morgan fingerprint density at radius 1 is 1.28 bits per heavy atom. The van der Waals surface area contributed by atoms with Crippen molar-refractivity contribution in [2.75, 3.05) is 31.1 Å². The minimum Gasteiger partial charge on any atom is -0.353 e. The third-order valence-electron chi connectivity index (χ3n) is 3.35. The van der Waals surface area contributed by atoms with E-state index in [1.54, 1.807) is 6.92 Å². The van der Waals surface area contributed by atoms with Crippen LogP contribution in [-0.4, -0.2) is 42.0 Å². The lowest BCUT2D eigenvalue weighted by Gasteiger charge is -2.35. The standard InChI is InChI=1S/C14H21N3O/c1-3-5-13-6-4-7-14(15-13)17-10-8-16(9-11-17)12(2)18/h4,6-7H,3,5,8-11H2,1-2H3. The van der Waals surface area contributed by atoms with Gasteiger partial charge in [0.05, 0.1) is 0 Å². The van der Waals surface area contributed by atoms with Crippen molar-refractivity contribution in [3.63, 3.8) is 0 Å². The van der Waals surface area contributed by atoms with Crippen LogP contribution in [-0.2, 0) is 11.2 Å². The van der Waals surface area contributed by atoms with Gasteiger partial charge in [-0.25, -0.2) is 4.98 Å². The highest BCUT2D eigenvalue weighted by atomic mass is 16.2. The van der Waals surface area contributed by atoms with Crippen LogP contribution in [0.3, 0.4) is 0 Å². The summed E-state index contributed by atoms with van der Waals surface area (Å²) in [4.78, 5) is 20.1. The molecule has 0 aliphatic carbocycles. The van der Waals surface area contributed by atoms with Gasteiger partial charge in [0.25, 0.3) is 0 Å². The Morgan fingerprint density at radius 2 is 2.00 bits per heavy atom. The summed E-state index contributed by atoms with van der Waals surface area (Å²) in [7, 11) is 0. The number of carbonyl (C=O) groups excluding carboxylic acids is 1. The second-order valence-corrected chi connectivity index (χ2v) is 4.73. The smallest absolute Gasteiger partial charge is 0.219 e. The fraction of sp³-hybridized carbons (Fsp3) is 0.571. The molecule has 0 unspecified atom stereocenters. The maximum absolute atomic E-state index is 11.3. The second-order valence-electron chi connectivity index (χ2n) is 4.73. The Bertz CT molecular complexity index is 411. The summed E-state index contributed by atoms with van der Waals surface area (Å²) >= 11 is 0. The highest BCUT2D eigenvalue weighted by molar-refractivity contribution is 5.73. The van der Waals surface area contributed by atoms with Crippen molar-refractivity contribution < 1.29 is 4.79 Å². The van der Waals surface area contributed by atoms with E-state index in [0.29, 0.717) is 0 Å². The maximum Gasteiger partial charge on any atom is 0.219 e. The van der Waals surface area contributed by atoms with Crippen molar-refractivity contribution in [3.8, 4) is 0 Å². The molecule has 4 nitrogen and oxygen atoms in total. The molecule has 2 heterocycles. The van der Waals surface area contributed by atoms with E-state index in [9.17, 15) is 4.79 Å². The number of piperazine rings is 1. The Hall–Kier alpha value is -1.58. The average molecular weight is 247 g/mol. The Balaban J connectivity index is 2.00. The number of anilines is 1. The van der Waals surface area contributed by atoms with E-state index in [0.717, 1.165) is 50.5 Å². The first kappa shape index (κ1) is 12.9. The second kappa shape index (κ2) is 5.85. The highest BCUT2D eigenvalue weighted by Crippen LogP contribution is 2.15. The van der Waals surface area contributed by atoms with Gasteiger partial charge in [0, 0.05) is 38.8 Å². The van der Waals surface area contributed by atoms with E-state index in [2.05, 4.69) is 35.0 Å². The molecule has 0 spiro atoms. The molecule has 0 bridgehead atoms. The van der Waals surface area contributed by atoms with Gasteiger partial charge in [-0.2, -0.15) is 0 Å². The topological polar surface area (TPSA) is 36.4 Å². The minimum atomic E-state index is 0.169. The van der Waals surface area contributed by atoms with E-state index < -0.39 is 0 Å². The first-order valence-corrected chi connectivity index (χ1v) is 6.67. The number of nitrogens with zero attached hydrogens (tertiary/aromatic N) is 3. The van der Waals surface area contributed by atoms with Gasteiger partial charge in [0.15, 0.2) is 0 Å². The normalized spacial score (nSPS) is 15.9. The van der Waals surface area contributed by atoms with Gasteiger partial charge in [-0.1, -0.05) is 19.4 Å². The molecule has 0 radical (unpaired) electrons. The van der Waals surface area contributed by atoms with Crippen LogP contribution in [0.15, 0.2) is 18.2 Å². The zero-order valence-corrected chi connectivity index (χ0v) is 11.2. The molecular formula is C14H21N3O. The third kappa shape index (κ3) is 3.00. The molecule has 2 rings (SSSR count). The van der Waals surface area contributed by atoms with Gasteiger partial charge >= 0.3 is 0 Å². The molecule has 4 heteroatoms. The largest absolute Gasteiger partial charge is 0.353 e. The summed E-state index contributed by atoms with van der Waals surface area (Å²) in [6.07, 6.45) is 2.15. The Kier molecular flexibility index (Phi) is 4.18. The Labute approximate surface area is 109 Å². The molecule has 1 aliphatic heterocycles. The van der Waals surface area contributed by atoms with Crippen molar-refractivity contribution in [3.05, 3.63) is 23.9 Å². The van der Waals surface area contributed by atoms with Crippen LogP contribution >= 0.6 is 0 Å². The van der Waals surface area contributed by atoms with Crippen molar-refractivity contribution in [2.45, 2.75) is 26.7 Å². The summed E-state index contributed by atoms with van der Waals surface area (Å²) < 4.78 is 0. The van der Waals surface area contributed by atoms with E-state index in [1.807, 2.05) is 4.90 Å². The summed E-state index contributed by atoms with van der Waals surface area (Å²) in [5.74, 6) is 1.21. The molecular weight excluding hydrogens is 226 g/mol. The van der Waals surface area contributed by atoms with Crippen molar-refractivity contribution >= 4 is 11.7 Å². The SMILES string of the molecule is CCCc1cccc(N2CCN(C(C)=O)CC2)n1. The number of carbonyl (C=O) groups is 1. The highest BCUT2D eigenvalue weighted by Gasteiger charge is 2.19. The van der Waals surface area contributed by atoms with Gasteiger partial charge in [-0.05, 0) is 18.6 Å². The molecule has 1 fully saturated rings. The lowest BCUT2D eigenvalue weighted by atomic mass is 10.2. The average Bonchev–Trinajstić information content (AvgIpc) is 2.39. The van der Waals surface area contributed by atoms with Crippen LogP contribution in [0, 0.1) is 0 Å². The number of hydrogen-bond acceptors (Lipinski definition) is 3. The van der Waals surface area contributed by atoms with Crippen LogP contribution in [0.5, 0.6) is 0 Å². The van der Waals surface area contributed by atoms with Gasteiger partial charge in [-0.3, -0.25) is 4.79 Å². The lowest BCUT2D eigenvalue weighted by molar-refractivity contribution is -0.129. The molecule has 98 valence electrons. The van der Waals surface area contributed by atoms with Gasteiger partial charge < -0.3 is 9.80 Å². The monoisotopic (exact) mass is 247 g/mol. The summed E-state index contributed by atoms with van der Waals surface area (Å²) in [6, 6.07) is 6.21. The Morgan fingerprint density at radius 3 is 2.61 bits per heavy atom. The fourth-order valence-electron chi connectivity index (χ4n) is 2.29. The lowest BCUT2D eigenvalue weighted by Crippen LogP contribution is -2.48. The fourth-order valence-corrected chi connectivity index (χ4v) is 2.29. The molecule has 18 heavy (non-hydrogen) atoms. The van der Waals surface area contributed by atoms with Gasteiger partial charge in [-0.15, -0.1) is 0 Å². The van der Waals surface area contributed by atoms with Crippen molar-refractivity contribution in [2.24, 2.45) is 0 Å². The molecule has 1 aromatic rings. The zero-order chi connectivity index (χ0) is 13.0. The predicted molar refractivity (Wildman–Crippen MR) is 72.7 cm³/mol. The van der Waals surface area contributed by atoms with Crippen LogP contribution in [0.4, 0.5) is 5.82 Å². The molecule has 1 amide bonds. The molecule has 1 saturated heterocycles. The molecule has 1 aromatic heterocycles. The van der Waals surface area contributed by atoms with Gasteiger partial charge in [0.1, 0.15) is 5.82 Å². The summed E-state index contributed by atoms with van der Waals surface area (Å²) in [6.45, 7) is 7.16. The number of pyridine rings is 1. The molecule has 0 saturated carbocycles. The van der Waals surface area contributed by atoms with Crippen LogP contribution in [0.2, 0.25) is 0 Å². The molecule has 0 N–H and O–H groups in total. The predicted octanol–water partition coefficient (Wildman–Crippen LogP) is 1.70. The molecule has 0 atom stereocenters. The zero-order valence-electron chi connectivity index (χ0n) is 11.2.